The lowest BCUT2D eigenvalue weighted by Crippen LogP contribution is -2.30. The summed E-state index contributed by atoms with van der Waals surface area (Å²) in [6.45, 7) is 5.34. The van der Waals surface area contributed by atoms with E-state index in [0.29, 0.717) is 16.3 Å². The van der Waals surface area contributed by atoms with Gasteiger partial charge in [-0.05, 0) is 57.2 Å². The quantitative estimate of drug-likeness (QED) is 0.857. The Bertz CT molecular complexity index is 705. The lowest BCUT2D eigenvalue weighted by atomic mass is 10.1. The number of esters is 1. The molecule has 1 atom stereocenters. The molecule has 1 amide bonds. The second-order valence-corrected chi connectivity index (χ2v) is 5.86. The predicted molar refractivity (Wildman–Crippen MR) is 90.9 cm³/mol. The van der Waals surface area contributed by atoms with Gasteiger partial charge in [0.15, 0.2) is 6.10 Å². The zero-order valence-electron chi connectivity index (χ0n) is 13.2. The Morgan fingerprint density at radius 2 is 1.61 bits per heavy atom. The predicted octanol–water partition coefficient (Wildman–Crippen LogP) is 4.14. The molecule has 5 heteroatoms. The highest BCUT2D eigenvalue weighted by Crippen LogP contribution is 2.15. The minimum Gasteiger partial charge on any atom is -0.449 e. The monoisotopic (exact) mass is 331 g/mol. The molecule has 0 saturated heterocycles. The summed E-state index contributed by atoms with van der Waals surface area (Å²) < 4.78 is 5.23. The molecule has 2 rings (SSSR count). The Balaban J connectivity index is 1.99. The molecule has 120 valence electrons. The number of hydrogen-bond acceptors (Lipinski definition) is 3. The topological polar surface area (TPSA) is 55.4 Å². The fraction of sp³-hybridized carbons (Fsp3) is 0.222. The number of rotatable bonds is 4. The van der Waals surface area contributed by atoms with E-state index in [1.165, 1.54) is 6.92 Å². The van der Waals surface area contributed by atoms with E-state index in [0.717, 1.165) is 11.1 Å². The molecule has 0 aliphatic rings. The van der Waals surface area contributed by atoms with Gasteiger partial charge in [-0.25, -0.2) is 4.79 Å². The molecular formula is C18H18ClNO3. The summed E-state index contributed by atoms with van der Waals surface area (Å²) in [5.41, 5.74) is 2.97. The van der Waals surface area contributed by atoms with Crippen molar-refractivity contribution >= 4 is 29.2 Å². The first-order valence-corrected chi connectivity index (χ1v) is 7.58. The zero-order chi connectivity index (χ0) is 17.0. The van der Waals surface area contributed by atoms with Crippen molar-refractivity contribution in [3.63, 3.8) is 0 Å². The van der Waals surface area contributed by atoms with Gasteiger partial charge in [0, 0.05) is 10.7 Å². The second-order valence-electron chi connectivity index (χ2n) is 5.42. The van der Waals surface area contributed by atoms with E-state index in [2.05, 4.69) is 5.32 Å². The number of aryl methyl sites for hydroxylation is 2. The van der Waals surface area contributed by atoms with E-state index in [1.54, 1.807) is 36.4 Å². The van der Waals surface area contributed by atoms with Gasteiger partial charge in [-0.1, -0.05) is 28.8 Å². The van der Waals surface area contributed by atoms with Crippen LogP contribution in [0.2, 0.25) is 5.02 Å². The maximum absolute atomic E-state index is 12.1. The van der Waals surface area contributed by atoms with Gasteiger partial charge in [0.2, 0.25) is 0 Å². The molecule has 0 spiro atoms. The third kappa shape index (κ3) is 4.83. The molecule has 0 fully saturated rings. The molecule has 4 nitrogen and oxygen atoms in total. The number of nitrogens with one attached hydrogen (secondary N) is 1. The molecule has 0 aliphatic heterocycles. The number of ether oxygens (including phenoxy) is 1. The maximum atomic E-state index is 12.1. The van der Waals surface area contributed by atoms with Crippen LogP contribution in [0.25, 0.3) is 0 Å². The van der Waals surface area contributed by atoms with Crippen molar-refractivity contribution in [2.24, 2.45) is 0 Å². The zero-order valence-corrected chi connectivity index (χ0v) is 14.0. The maximum Gasteiger partial charge on any atom is 0.338 e. The van der Waals surface area contributed by atoms with Crippen molar-refractivity contribution in [1.29, 1.82) is 0 Å². The Hall–Kier alpha value is -2.33. The van der Waals surface area contributed by atoms with Crippen LogP contribution >= 0.6 is 11.6 Å². The fourth-order valence-corrected chi connectivity index (χ4v) is 2.28. The molecule has 0 radical (unpaired) electrons. The fourth-order valence-electron chi connectivity index (χ4n) is 2.15. The summed E-state index contributed by atoms with van der Waals surface area (Å²) in [7, 11) is 0. The molecule has 0 aliphatic carbocycles. The number of amides is 1. The largest absolute Gasteiger partial charge is 0.449 e. The summed E-state index contributed by atoms with van der Waals surface area (Å²) in [5.74, 6) is -0.916. The molecule has 0 unspecified atom stereocenters. The number of benzene rings is 2. The highest BCUT2D eigenvalue weighted by Gasteiger charge is 2.19. The first-order chi connectivity index (χ1) is 10.8. The van der Waals surface area contributed by atoms with Crippen LogP contribution in [-0.2, 0) is 9.53 Å². The van der Waals surface area contributed by atoms with Crippen molar-refractivity contribution < 1.29 is 14.3 Å². The van der Waals surface area contributed by atoms with Gasteiger partial charge >= 0.3 is 5.97 Å². The third-order valence-electron chi connectivity index (χ3n) is 3.22. The highest BCUT2D eigenvalue weighted by molar-refractivity contribution is 6.30. The van der Waals surface area contributed by atoms with E-state index < -0.39 is 18.0 Å². The van der Waals surface area contributed by atoms with Crippen molar-refractivity contribution in [2.45, 2.75) is 26.9 Å². The van der Waals surface area contributed by atoms with Crippen LogP contribution in [0.5, 0.6) is 0 Å². The number of carbonyl (C=O) groups is 2. The molecule has 0 bridgehead atoms. The van der Waals surface area contributed by atoms with Crippen LogP contribution in [0.3, 0.4) is 0 Å². The Labute approximate surface area is 140 Å². The van der Waals surface area contributed by atoms with Crippen LogP contribution in [0.4, 0.5) is 5.69 Å². The first-order valence-electron chi connectivity index (χ1n) is 7.21. The smallest absolute Gasteiger partial charge is 0.338 e. The van der Waals surface area contributed by atoms with E-state index in [1.807, 2.05) is 19.9 Å². The number of anilines is 1. The van der Waals surface area contributed by atoms with Crippen molar-refractivity contribution in [1.82, 2.24) is 0 Å². The molecule has 0 heterocycles. The Kier molecular flexibility index (Phi) is 5.40. The van der Waals surface area contributed by atoms with Crippen LogP contribution in [0, 0.1) is 13.8 Å². The van der Waals surface area contributed by atoms with Gasteiger partial charge in [-0.15, -0.1) is 0 Å². The van der Waals surface area contributed by atoms with E-state index in [-0.39, 0.29) is 0 Å². The summed E-state index contributed by atoms with van der Waals surface area (Å²) in [6, 6.07) is 12.1. The van der Waals surface area contributed by atoms with Gasteiger partial charge in [0.05, 0.1) is 5.56 Å². The summed E-state index contributed by atoms with van der Waals surface area (Å²) in [4.78, 5) is 24.2. The van der Waals surface area contributed by atoms with Gasteiger partial charge < -0.3 is 10.1 Å². The average molecular weight is 332 g/mol. The molecule has 2 aromatic carbocycles. The number of halogens is 1. The number of carbonyl (C=O) groups excluding carboxylic acids is 2. The lowest BCUT2D eigenvalue weighted by molar-refractivity contribution is -0.123. The minimum atomic E-state index is -0.904. The second kappa shape index (κ2) is 7.29. The van der Waals surface area contributed by atoms with Crippen molar-refractivity contribution in [2.75, 3.05) is 5.32 Å². The molecule has 2 aromatic rings. The van der Waals surface area contributed by atoms with Crippen LogP contribution in [-0.4, -0.2) is 18.0 Å². The van der Waals surface area contributed by atoms with Gasteiger partial charge in [-0.3, -0.25) is 4.79 Å². The molecule has 1 N–H and O–H groups in total. The lowest BCUT2D eigenvalue weighted by Gasteiger charge is -2.14. The van der Waals surface area contributed by atoms with Gasteiger partial charge in [0.1, 0.15) is 0 Å². The Morgan fingerprint density at radius 1 is 1.04 bits per heavy atom. The van der Waals surface area contributed by atoms with Crippen molar-refractivity contribution in [3.8, 4) is 0 Å². The van der Waals surface area contributed by atoms with E-state index in [4.69, 9.17) is 16.3 Å². The van der Waals surface area contributed by atoms with Crippen molar-refractivity contribution in [3.05, 3.63) is 64.2 Å². The first kappa shape index (κ1) is 17.0. The van der Waals surface area contributed by atoms with Crippen LogP contribution < -0.4 is 5.32 Å². The van der Waals surface area contributed by atoms with Crippen LogP contribution in [0.1, 0.15) is 28.4 Å². The standard InChI is InChI=1S/C18H18ClNO3/c1-11-8-12(2)10-14(9-11)18(22)23-13(3)17(21)20-16-6-4-15(19)5-7-16/h4-10,13H,1-3H3,(H,20,21)/t13-/m0/s1. The van der Waals surface area contributed by atoms with Gasteiger partial charge in [0.25, 0.3) is 5.91 Å². The molecular weight excluding hydrogens is 314 g/mol. The van der Waals surface area contributed by atoms with Crippen LogP contribution in [0.15, 0.2) is 42.5 Å². The minimum absolute atomic E-state index is 0.398. The molecule has 23 heavy (non-hydrogen) atoms. The third-order valence-corrected chi connectivity index (χ3v) is 3.47. The summed E-state index contributed by atoms with van der Waals surface area (Å²) in [5, 5.41) is 3.25. The van der Waals surface area contributed by atoms with E-state index >= 15 is 0 Å². The Morgan fingerprint density at radius 3 is 2.17 bits per heavy atom. The SMILES string of the molecule is Cc1cc(C)cc(C(=O)O[C@@H](C)C(=O)Nc2ccc(Cl)cc2)c1. The highest BCUT2D eigenvalue weighted by atomic mass is 35.5. The summed E-state index contributed by atoms with van der Waals surface area (Å²) >= 11 is 5.79. The molecule has 0 saturated carbocycles. The van der Waals surface area contributed by atoms with E-state index in [9.17, 15) is 9.59 Å². The van der Waals surface area contributed by atoms with Gasteiger partial charge in [-0.2, -0.15) is 0 Å². The average Bonchev–Trinajstić information content (AvgIpc) is 2.48. The molecule has 0 aromatic heterocycles. The summed E-state index contributed by atoms with van der Waals surface area (Å²) in [6.07, 6.45) is -0.904. The normalized spacial score (nSPS) is 11.7. The number of hydrogen-bond donors (Lipinski definition) is 1.